The van der Waals surface area contributed by atoms with Crippen LogP contribution in [0.15, 0.2) is 12.3 Å². The van der Waals surface area contributed by atoms with Gasteiger partial charge in [-0.3, -0.25) is 0 Å². The van der Waals surface area contributed by atoms with Crippen molar-refractivity contribution in [2.45, 2.75) is 43.6 Å². The molecule has 3 N–H and O–H groups in total. The highest BCUT2D eigenvalue weighted by Crippen LogP contribution is 2.29. The van der Waals surface area contributed by atoms with Crippen LogP contribution in [-0.2, 0) is 10.9 Å². The molecule has 0 aromatic carbocycles. The number of rotatable bonds is 3. The molecule has 124 valence electrons. The molecule has 2 rings (SSSR count). The molecule has 10 heteroatoms. The zero-order chi connectivity index (χ0) is 16.5. The van der Waals surface area contributed by atoms with Gasteiger partial charge in [-0.05, 0) is 13.0 Å². The molecule has 7 nitrogen and oxygen atoms in total. The van der Waals surface area contributed by atoms with Gasteiger partial charge in [0.15, 0.2) is 11.8 Å². The van der Waals surface area contributed by atoms with Crippen LogP contribution in [0.3, 0.4) is 0 Å². The van der Waals surface area contributed by atoms with Crippen LogP contribution in [-0.4, -0.2) is 62.4 Å². The lowest BCUT2D eigenvalue weighted by Crippen LogP contribution is -2.59. The Bertz CT molecular complexity index is 514. The average molecular weight is 324 g/mol. The average Bonchev–Trinajstić information content (AvgIpc) is 2.47. The first-order chi connectivity index (χ1) is 10.2. The van der Waals surface area contributed by atoms with E-state index in [1.54, 1.807) is 0 Å². The number of halogens is 3. The van der Waals surface area contributed by atoms with Gasteiger partial charge in [-0.15, -0.1) is 0 Å². The van der Waals surface area contributed by atoms with Crippen molar-refractivity contribution in [3.63, 3.8) is 0 Å². The van der Waals surface area contributed by atoms with E-state index in [-0.39, 0.29) is 0 Å². The Morgan fingerprint density at radius 3 is 2.59 bits per heavy atom. The number of hydrogen-bond acceptors (Lipinski definition) is 7. The second-order valence-corrected chi connectivity index (χ2v) is 4.85. The standard InChI is InChI=1S/C12H15F3N2O5/c1-5-8(19)9(20)10(6(4-18)21-5)22-11-16-3-2-7(17-11)12(13,14)15/h2-3,5-6,8-10,18-20H,4H2,1H3/t5-,6-,8+,9+,10+/m1/s1. The number of aliphatic hydroxyl groups is 3. The van der Waals surface area contributed by atoms with Gasteiger partial charge in [0.05, 0.1) is 12.7 Å². The van der Waals surface area contributed by atoms with Crippen LogP contribution >= 0.6 is 0 Å². The van der Waals surface area contributed by atoms with E-state index in [0.29, 0.717) is 6.07 Å². The van der Waals surface area contributed by atoms with Crippen molar-refractivity contribution in [1.82, 2.24) is 9.97 Å². The highest BCUT2D eigenvalue weighted by molar-refractivity contribution is 5.09. The summed E-state index contributed by atoms with van der Waals surface area (Å²) in [5.41, 5.74) is -1.21. The summed E-state index contributed by atoms with van der Waals surface area (Å²) >= 11 is 0. The van der Waals surface area contributed by atoms with Crippen LogP contribution in [0.1, 0.15) is 12.6 Å². The molecule has 1 aliphatic heterocycles. The Morgan fingerprint density at radius 2 is 2.00 bits per heavy atom. The van der Waals surface area contributed by atoms with E-state index in [1.807, 2.05) is 0 Å². The third kappa shape index (κ3) is 3.46. The SMILES string of the molecule is C[C@H]1O[C@H](CO)[C@H](Oc2nccc(C(F)(F)F)n2)[C@@H](O)[C@H]1O. The lowest BCUT2D eigenvalue weighted by atomic mass is 9.96. The van der Waals surface area contributed by atoms with E-state index in [0.717, 1.165) is 6.20 Å². The zero-order valence-electron chi connectivity index (χ0n) is 11.4. The van der Waals surface area contributed by atoms with E-state index < -0.39 is 55.0 Å². The van der Waals surface area contributed by atoms with Crippen molar-refractivity contribution in [1.29, 1.82) is 0 Å². The quantitative estimate of drug-likeness (QED) is 0.704. The Morgan fingerprint density at radius 1 is 1.32 bits per heavy atom. The molecule has 1 fully saturated rings. The van der Waals surface area contributed by atoms with Gasteiger partial charge in [-0.2, -0.15) is 18.2 Å². The first-order valence-electron chi connectivity index (χ1n) is 6.43. The van der Waals surface area contributed by atoms with Crippen LogP contribution in [0.2, 0.25) is 0 Å². The van der Waals surface area contributed by atoms with Crippen molar-refractivity contribution < 1.29 is 38.0 Å². The fourth-order valence-corrected chi connectivity index (χ4v) is 2.10. The molecule has 1 aliphatic rings. The number of alkyl halides is 3. The maximum atomic E-state index is 12.6. The van der Waals surface area contributed by atoms with Crippen LogP contribution in [0, 0.1) is 0 Å². The van der Waals surface area contributed by atoms with Gasteiger partial charge in [-0.25, -0.2) is 4.98 Å². The molecule has 0 radical (unpaired) electrons. The summed E-state index contributed by atoms with van der Waals surface area (Å²) in [5.74, 6) is 0. The number of ether oxygens (including phenoxy) is 2. The lowest BCUT2D eigenvalue weighted by Gasteiger charge is -2.40. The third-order valence-electron chi connectivity index (χ3n) is 3.27. The van der Waals surface area contributed by atoms with Crippen molar-refractivity contribution in [2.75, 3.05) is 6.61 Å². The molecular formula is C12H15F3N2O5. The summed E-state index contributed by atoms with van der Waals surface area (Å²) in [5, 5.41) is 28.9. The van der Waals surface area contributed by atoms with Crippen LogP contribution in [0.4, 0.5) is 13.2 Å². The molecule has 22 heavy (non-hydrogen) atoms. The van der Waals surface area contributed by atoms with Crippen molar-refractivity contribution >= 4 is 0 Å². The Labute approximate surface area is 123 Å². The summed E-state index contributed by atoms with van der Waals surface area (Å²) < 4.78 is 48.1. The van der Waals surface area contributed by atoms with Gasteiger partial charge >= 0.3 is 12.2 Å². The van der Waals surface area contributed by atoms with Crippen molar-refractivity contribution in [2.24, 2.45) is 0 Å². The van der Waals surface area contributed by atoms with Crippen LogP contribution in [0.5, 0.6) is 6.01 Å². The largest absolute Gasteiger partial charge is 0.454 e. The molecule has 0 aliphatic carbocycles. The van der Waals surface area contributed by atoms with E-state index in [4.69, 9.17) is 9.47 Å². The lowest BCUT2D eigenvalue weighted by molar-refractivity contribution is -0.218. The maximum Gasteiger partial charge on any atom is 0.433 e. The monoisotopic (exact) mass is 324 g/mol. The highest BCUT2D eigenvalue weighted by atomic mass is 19.4. The van der Waals surface area contributed by atoms with E-state index in [1.165, 1.54) is 6.92 Å². The second-order valence-electron chi connectivity index (χ2n) is 4.85. The number of aliphatic hydroxyl groups excluding tert-OH is 3. The molecule has 0 bridgehead atoms. The molecule has 1 aromatic rings. The summed E-state index contributed by atoms with van der Waals surface area (Å²) in [4.78, 5) is 6.73. The van der Waals surface area contributed by atoms with E-state index >= 15 is 0 Å². The van der Waals surface area contributed by atoms with Gasteiger partial charge in [0.1, 0.15) is 18.3 Å². The smallest absolute Gasteiger partial charge is 0.433 e. The molecule has 0 spiro atoms. The Hall–Kier alpha value is -1.49. The van der Waals surface area contributed by atoms with Crippen molar-refractivity contribution in [3.05, 3.63) is 18.0 Å². The topological polar surface area (TPSA) is 105 Å². The molecule has 0 unspecified atom stereocenters. The summed E-state index contributed by atoms with van der Waals surface area (Å²) in [7, 11) is 0. The fraction of sp³-hybridized carbons (Fsp3) is 0.667. The molecule has 0 saturated carbocycles. The molecule has 2 heterocycles. The summed E-state index contributed by atoms with van der Waals surface area (Å²) in [6, 6.07) is 0.0314. The number of hydrogen-bond donors (Lipinski definition) is 3. The van der Waals surface area contributed by atoms with E-state index in [2.05, 4.69) is 9.97 Å². The minimum atomic E-state index is -4.67. The first-order valence-corrected chi connectivity index (χ1v) is 6.43. The number of nitrogens with zero attached hydrogens (tertiary/aromatic N) is 2. The van der Waals surface area contributed by atoms with E-state index in [9.17, 15) is 28.5 Å². The zero-order valence-corrected chi connectivity index (χ0v) is 11.4. The predicted molar refractivity (Wildman–Crippen MR) is 64.9 cm³/mol. The van der Waals surface area contributed by atoms with Crippen molar-refractivity contribution in [3.8, 4) is 6.01 Å². The van der Waals surface area contributed by atoms with Gasteiger partial charge in [0.2, 0.25) is 0 Å². The van der Waals surface area contributed by atoms with Crippen LogP contribution < -0.4 is 4.74 Å². The third-order valence-corrected chi connectivity index (χ3v) is 3.27. The highest BCUT2D eigenvalue weighted by Gasteiger charge is 2.44. The predicted octanol–water partition coefficient (Wildman–Crippen LogP) is -0.256. The van der Waals surface area contributed by atoms with Gasteiger partial charge in [-0.1, -0.05) is 0 Å². The van der Waals surface area contributed by atoms with Gasteiger partial charge in [0, 0.05) is 6.20 Å². The van der Waals surface area contributed by atoms with Gasteiger partial charge < -0.3 is 24.8 Å². The molecule has 5 atom stereocenters. The molecule has 1 saturated heterocycles. The number of aromatic nitrogens is 2. The minimum Gasteiger partial charge on any atom is -0.454 e. The maximum absolute atomic E-state index is 12.6. The molecule has 0 amide bonds. The second kappa shape index (κ2) is 6.32. The van der Waals surface area contributed by atoms with Gasteiger partial charge in [0.25, 0.3) is 0 Å². The summed E-state index contributed by atoms with van der Waals surface area (Å²) in [6.45, 7) is 0.922. The minimum absolute atomic E-state index is 0.558. The summed E-state index contributed by atoms with van der Waals surface area (Å²) in [6.07, 6.45) is -9.72. The Balaban J connectivity index is 2.21. The Kier molecular flexibility index (Phi) is 4.85. The fourth-order valence-electron chi connectivity index (χ4n) is 2.10. The van der Waals surface area contributed by atoms with Crippen LogP contribution in [0.25, 0.3) is 0 Å². The molecular weight excluding hydrogens is 309 g/mol. The normalized spacial score (nSPS) is 32.8. The first kappa shape index (κ1) is 16.9. The molecule has 1 aromatic heterocycles.